The van der Waals surface area contributed by atoms with Gasteiger partial charge >= 0.3 is 0 Å². The van der Waals surface area contributed by atoms with Gasteiger partial charge in [-0.2, -0.15) is 0 Å². The molecule has 0 saturated heterocycles. The van der Waals surface area contributed by atoms with Crippen LogP contribution >= 0.6 is 11.6 Å². The van der Waals surface area contributed by atoms with Gasteiger partial charge in [-0.3, -0.25) is 9.59 Å². The molecule has 0 aliphatic carbocycles. The van der Waals surface area contributed by atoms with E-state index in [-0.39, 0.29) is 11.5 Å². The minimum absolute atomic E-state index is 0.128. The van der Waals surface area contributed by atoms with Crippen LogP contribution in [0, 0.1) is 13.8 Å². The van der Waals surface area contributed by atoms with Crippen molar-refractivity contribution in [1.82, 2.24) is 10.3 Å². The second-order valence-electron chi connectivity index (χ2n) is 7.67. The number of nitrogens with one attached hydrogen (secondary N) is 2. The van der Waals surface area contributed by atoms with Crippen molar-refractivity contribution in [2.24, 2.45) is 0 Å². The van der Waals surface area contributed by atoms with Crippen molar-refractivity contribution in [3.05, 3.63) is 74.5 Å². The average Bonchev–Trinajstić information content (AvgIpc) is 2.67. The molecule has 0 spiro atoms. The lowest BCUT2D eigenvalue weighted by atomic mass is 10.0. The van der Waals surface area contributed by atoms with Crippen LogP contribution in [0.1, 0.15) is 30.5 Å². The Bertz CT molecular complexity index is 1100. The highest BCUT2D eigenvalue weighted by molar-refractivity contribution is 6.30. The van der Waals surface area contributed by atoms with E-state index in [1.54, 1.807) is 38.1 Å². The quantitative estimate of drug-likeness (QED) is 0.633. The number of rotatable bonds is 6. The van der Waals surface area contributed by atoms with Gasteiger partial charge in [-0.1, -0.05) is 23.7 Å². The van der Waals surface area contributed by atoms with Crippen LogP contribution in [0.25, 0.3) is 10.9 Å². The summed E-state index contributed by atoms with van der Waals surface area (Å²) >= 11 is 5.87. The van der Waals surface area contributed by atoms with Crippen LogP contribution in [0.5, 0.6) is 5.75 Å². The summed E-state index contributed by atoms with van der Waals surface area (Å²) < 4.78 is 5.79. The molecule has 1 aromatic heterocycles. The molecule has 0 fully saturated rings. The first-order valence-electron chi connectivity index (χ1n) is 9.52. The minimum atomic E-state index is -1.06. The largest absolute Gasteiger partial charge is 0.478 e. The van der Waals surface area contributed by atoms with Gasteiger partial charge in [-0.05, 0) is 81.0 Å². The summed E-state index contributed by atoms with van der Waals surface area (Å²) in [5, 5.41) is 4.44. The number of aromatic amines is 1. The van der Waals surface area contributed by atoms with Gasteiger partial charge in [0.2, 0.25) is 0 Å². The number of benzene rings is 2. The topological polar surface area (TPSA) is 71.2 Å². The zero-order chi connectivity index (χ0) is 21.2. The number of pyridine rings is 1. The number of halogens is 1. The fourth-order valence-corrected chi connectivity index (χ4v) is 3.25. The first-order chi connectivity index (χ1) is 13.7. The van der Waals surface area contributed by atoms with Crippen molar-refractivity contribution in [2.75, 3.05) is 6.54 Å². The molecule has 1 amide bonds. The van der Waals surface area contributed by atoms with Crippen molar-refractivity contribution in [3.63, 3.8) is 0 Å². The molecule has 1 heterocycles. The molecule has 0 saturated carbocycles. The summed E-state index contributed by atoms with van der Waals surface area (Å²) in [4.78, 5) is 28.0. The number of fused-ring (bicyclic) bond motifs is 1. The number of aryl methyl sites for hydroxylation is 2. The van der Waals surface area contributed by atoms with Gasteiger partial charge in [0.05, 0.1) is 5.52 Å². The lowest BCUT2D eigenvalue weighted by Gasteiger charge is -2.25. The molecule has 0 bridgehead atoms. The minimum Gasteiger partial charge on any atom is -0.478 e. The molecular weight excluding hydrogens is 388 g/mol. The van der Waals surface area contributed by atoms with Crippen LogP contribution in [0.2, 0.25) is 5.02 Å². The predicted octanol–water partition coefficient (Wildman–Crippen LogP) is 4.31. The third kappa shape index (κ3) is 4.80. The van der Waals surface area contributed by atoms with Gasteiger partial charge in [-0.15, -0.1) is 0 Å². The van der Waals surface area contributed by atoms with Gasteiger partial charge in [-0.25, -0.2) is 0 Å². The maximum absolute atomic E-state index is 12.6. The van der Waals surface area contributed by atoms with Crippen molar-refractivity contribution >= 4 is 28.4 Å². The molecule has 0 radical (unpaired) electrons. The van der Waals surface area contributed by atoms with Gasteiger partial charge in [0.1, 0.15) is 5.75 Å². The number of carbonyl (C=O) groups is 1. The molecule has 5 nitrogen and oxygen atoms in total. The molecule has 6 heteroatoms. The number of aromatic nitrogens is 1. The third-order valence-corrected chi connectivity index (χ3v) is 5.29. The Balaban J connectivity index is 1.65. The normalized spacial score (nSPS) is 11.5. The third-order valence-electron chi connectivity index (χ3n) is 5.04. The molecule has 2 aromatic carbocycles. The van der Waals surface area contributed by atoms with E-state index >= 15 is 0 Å². The first-order valence-corrected chi connectivity index (χ1v) is 9.90. The van der Waals surface area contributed by atoms with E-state index in [1.807, 2.05) is 32.0 Å². The van der Waals surface area contributed by atoms with Crippen LogP contribution in [0.3, 0.4) is 0 Å². The van der Waals surface area contributed by atoms with E-state index in [0.717, 1.165) is 22.0 Å². The number of amides is 1. The van der Waals surface area contributed by atoms with Crippen LogP contribution in [-0.4, -0.2) is 23.0 Å². The molecule has 29 heavy (non-hydrogen) atoms. The van der Waals surface area contributed by atoms with E-state index in [0.29, 0.717) is 29.3 Å². The van der Waals surface area contributed by atoms with E-state index in [4.69, 9.17) is 16.3 Å². The van der Waals surface area contributed by atoms with Crippen molar-refractivity contribution in [2.45, 2.75) is 39.7 Å². The van der Waals surface area contributed by atoms with Crippen LogP contribution in [-0.2, 0) is 11.2 Å². The highest BCUT2D eigenvalue weighted by Crippen LogP contribution is 2.21. The second-order valence-corrected chi connectivity index (χ2v) is 8.10. The fraction of sp³-hybridized carbons (Fsp3) is 0.304. The van der Waals surface area contributed by atoms with Crippen molar-refractivity contribution in [3.8, 4) is 5.75 Å². The number of ether oxygens (including phenoxy) is 1. The summed E-state index contributed by atoms with van der Waals surface area (Å²) in [5.74, 6) is 0.308. The molecule has 152 valence electrons. The zero-order valence-corrected chi connectivity index (χ0v) is 17.8. The highest BCUT2D eigenvalue weighted by Gasteiger charge is 2.29. The predicted molar refractivity (Wildman–Crippen MR) is 117 cm³/mol. The summed E-state index contributed by atoms with van der Waals surface area (Å²) in [5.41, 5.74) is 2.52. The summed E-state index contributed by atoms with van der Waals surface area (Å²) in [6.07, 6.45) is 0.432. The standard InChI is InChI=1S/C23H25ClN2O3/c1-14-5-6-16-13-17(21(27)26-20(16)15(14)2)11-12-25-22(28)23(3,4)29-19-9-7-18(24)8-10-19/h5-10,13H,11-12H2,1-4H3,(H,25,28)(H,26,27). The van der Waals surface area contributed by atoms with Gasteiger partial charge in [0.15, 0.2) is 5.60 Å². The molecule has 0 atom stereocenters. The zero-order valence-electron chi connectivity index (χ0n) is 17.1. The number of H-pyrrole nitrogens is 1. The Kier molecular flexibility index (Phi) is 5.99. The van der Waals surface area contributed by atoms with E-state index in [1.165, 1.54) is 0 Å². The monoisotopic (exact) mass is 412 g/mol. The maximum atomic E-state index is 12.6. The lowest BCUT2D eigenvalue weighted by Crippen LogP contribution is -2.47. The van der Waals surface area contributed by atoms with Gasteiger partial charge < -0.3 is 15.0 Å². The highest BCUT2D eigenvalue weighted by atomic mass is 35.5. The van der Waals surface area contributed by atoms with Crippen molar-refractivity contribution in [1.29, 1.82) is 0 Å². The molecule has 0 aliphatic heterocycles. The number of carbonyl (C=O) groups excluding carboxylic acids is 1. The Hall–Kier alpha value is -2.79. The van der Waals surface area contributed by atoms with Crippen LogP contribution in [0.15, 0.2) is 47.3 Å². The van der Waals surface area contributed by atoms with Crippen LogP contribution < -0.4 is 15.6 Å². The Morgan fingerprint density at radius 2 is 1.83 bits per heavy atom. The molecule has 0 unspecified atom stereocenters. The van der Waals surface area contributed by atoms with E-state index < -0.39 is 5.60 Å². The first kappa shape index (κ1) is 20.9. The number of hydrogen-bond donors (Lipinski definition) is 2. The average molecular weight is 413 g/mol. The SMILES string of the molecule is Cc1ccc2cc(CCNC(=O)C(C)(C)Oc3ccc(Cl)cc3)c(=O)[nH]c2c1C. The second kappa shape index (κ2) is 8.29. The summed E-state index contributed by atoms with van der Waals surface area (Å²) in [7, 11) is 0. The smallest absolute Gasteiger partial charge is 0.263 e. The fourth-order valence-electron chi connectivity index (χ4n) is 3.12. The number of hydrogen-bond acceptors (Lipinski definition) is 3. The maximum Gasteiger partial charge on any atom is 0.263 e. The molecule has 2 N–H and O–H groups in total. The van der Waals surface area contributed by atoms with Crippen molar-refractivity contribution < 1.29 is 9.53 Å². The summed E-state index contributed by atoms with van der Waals surface area (Å²) in [6, 6.07) is 12.8. The van der Waals surface area contributed by atoms with E-state index in [2.05, 4.69) is 10.3 Å². The molecule has 3 aromatic rings. The Morgan fingerprint density at radius 3 is 2.52 bits per heavy atom. The molecule has 0 aliphatic rings. The van der Waals surface area contributed by atoms with Crippen LogP contribution in [0.4, 0.5) is 0 Å². The van der Waals surface area contributed by atoms with Gasteiger partial charge in [0.25, 0.3) is 11.5 Å². The molecular formula is C23H25ClN2O3. The lowest BCUT2D eigenvalue weighted by molar-refractivity contribution is -0.134. The van der Waals surface area contributed by atoms with Gasteiger partial charge in [0, 0.05) is 17.1 Å². The Labute approximate surface area is 175 Å². The van der Waals surface area contributed by atoms with E-state index in [9.17, 15) is 9.59 Å². The Morgan fingerprint density at radius 1 is 1.14 bits per heavy atom. The molecule has 3 rings (SSSR count). The summed E-state index contributed by atoms with van der Waals surface area (Å²) in [6.45, 7) is 7.75.